The van der Waals surface area contributed by atoms with Gasteiger partial charge < -0.3 is 5.32 Å². The quantitative estimate of drug-likeness (QED) is 0.880. The summed E-state index contributed by atoms with van der Waals surface area (Å²) in [6.45, 7) is 11.0. The first-order valence-corrected chi connectivity index (χ1v) is 7.97. The molecule has 0 atom stereocenters. The lowest BCUT2D eigenvalue weighted by Gasteiger charge is -2.21. The number of nitrogens with one attached hydrogen (secondary N) is 1. The van der Waals surface area contributed by atoms with Crippen LogP contribution in [0, 0.1) is 13.8 Å². The maximum Gasteiger partial charge on any atom is 0.154 e. The predicted molar refractivity (Wildman–Crippen MR) is 90.1 cm³/mol. The lowest BCUT2D eigenvalue weighted by molar-refractivity contribution is 0.424. The van der Waals surface area contributed by atoms with Crippen molar-refractivity contribution in [3.05, 3.63) is 38.7 Å². The number of rotatable bonds is 3. The molecule has 0 spiro atoms. The van der Waals surface area contributed by atoms with Crippen molar-refractivity contribution in [3.63, 3.8) is 0 Å². The average Bonchev–Trinajstić information content (AvgIpc) is 2.65. The minimum Gasteiger partial charge on any atom is -0.308 e. The molecule has 0 saturated carbocycles. The Balaban J connectivity index is 2.36. The van der Waals surface area contributed by atoms with Gasteiger partial charge >= 0.3 is 0 Å². The second kappa shape index (κ2) is 6.07. The fourth-order valence-electron chi connectivity index (χ4n) is 1.93. The number of aryl methyl sites for hydroxylation is 1. The van der Waals surface area contributed by atoms with E-state index in [-0.39, 0.29) is 5.54 Å². The predicted octanol–water partition coefficient (Wildman–Crippen LogP) is 4.19. The Morgan fingerprint density at radius 3 is 2.52 bits per heavy atom. The molecule has 0 fully saturated rings. The molecule has 0 aliphatic rings. The molecule has 2 rings (SSSR count). The summed E-state index contributed by atoms with van der Waals surface area (Å²) in [4.78, 5) is 4.39. The van der Waals surface area contributed by atoms with Gasteiger partial charge in [-0.05, 0) is 62.2 Å². The second-order valence-corrected chi connectivity index (χ2v) is 7.33. The third kappa shape index (κ3) is 3.84. The van der Waals surface area contributed by atoms with Crippen molar-refractivity contribution >= 4 is 27.5 Å². The largest absolute Gasteiger partial charge is 0.308 e. The van der Waals surface area contributed by atoms with E-state index in [0.29, 0.717) is 11.6 Å². The van der Waals surface area contributed by atoms with Crippen molar-refractivity contribution in [2.75, 3.05) is 0 Å². The van der Waals surface area contributed by atoms with Crippen LogP contribution in [-0.4, -0.2) is 20.3 Å². The standard InChI is InChI=1S/C15H20BrClN4/c1-9-14(16)10(2)21(20-9)13-6-11(12(17)8-18-13)7-19-15(3,4)5/h6,8,19H,7H2,1-5H3. The molecule has 0 aliphatic carbocycles. The van der Waals surface area contributed by atoms with E-state index >= 15 is 0 Å². The highest BCUT2D eigenvalue weighted by molar-refractivity contribution is 9.10. The Kier molecular flexibility index (Phi) is 4.76. The van der Waals surface area contributed by atoms with Gasteiger partial charge in [-0.25, -0.2) is 9.67 Å². The summed E-state index contributed by atoms with van der Waals surface area (Å²) in [5.41, 5.74) is 3.02. The molecule has 2 aromatic rings. The van der Waals surface area contributed by atoms with Crippen LogP contribution in [0.5, 0.6) is 0 Å². The van der Waals surface area contributed by atoms with Gasteiger partial charge in [0.25, 0.3) is 0 Å². The van der Waals surface area contributed by atoms with E-state index in [9.17, 15) is 0 Å². The van der Waals surface area contributed by atoms with Gasteiger partial charge in [0.15, 0.2) is 5.82 Å². The minimum atomic E-state index is 0.0357. The summed E-state index contributed by atoms with van der Waals surface area (Å²) in [6.07, 6.45) is 1.68. The molecule has 4 nitrogen and oxygen atoms in total. The lowest BCUT2D eigenvalue weighted by Crippen LogP contribution is -2.35. The zero-order chi connectivity index (χ0) is 15.8. The second-order valence-electron chi connectivity index (χ2n) is 6.13. The van der Waals surface area contributed by atoms with Crippen LogP contribution < -0.4 is 5.32 Å². The van der Waals surface area contributed by atoms with Gasteiger partial charge in [0.2, 0.25) is 0 Å². The molecule has 0 unspecified atom stereocenters. The number of pyridine rings is 1. The van der Waals surface area contributed by atoms with Crippen molar-refractivity contribution < 1.29 is 0 Å². The normalized spacial score (nSPS) is 12.0. The van der Waals surface area contributed by atoms with Crippen molar-refractivity contribution in [3.8, 4) is 5.82 Å². The van der Waals surface area contributed by atoms with E-state index < -0.39 is 0 Å². The molecule has 0 saturated heterocycles. The van der Waals surface area contributed by atoms with Crippen LogP contribution in [0.1, 0.15) is 37.7 Å². The van der Waals surface area contributed by atoms with Crippen LogP contribution in [0.4, 0.5) is 0 Å². The smallest absolute Gasteiger partial charge is 0.154 e. The lowest BCUT2D eigenvalue weighted by atomic mass is 10.1. The molecule has 0 aromatic carbocycles. The SMILES string of the molecule is Cc1nn(-c2cc(CNC(C)(C)C)c(Cl)cn2)c(C)c1Br. The van der Waals surface area contributed by atoms with Crippen LogP contribution >= 0.6 is 27.5 Å². The van der Waals surface area contributed by atoms with Gasteiger partial charge in [0.1, 0.15) is 0 Å². The van der Waals surface area contributed by atoms with Crippen molar-refractivity contribution in [2.24, 2.45) is 0 Å². The van der Waals surface area contributed by atoms with E-state index in [0.717, 1.165) is 27.2 Å². The maximum atomic E-state index is 6.25. The highest BCUT2D eigenvalue weighted by atomic mass is 79.9. The maximum absolute atomic E-state index is 6.25. The van der Waals surface area contributed by atoms with Crippen molar-refractivity contribution in [1.29, 1.82) is 0 Å². The molecule has 0 radical (unpaired) electrons. The Hall–Kier alpha value is -0.910. The van der Waals surface area contributed by atoms with Crippen molar-refractivity contribution in [2.45, 2.75) is 46.7 Å². The first-order valence-electron chi connectivity index (χ1n) is 6.80. The van der Waals surface area contributed by atoms with E-state index in [1.807, 2.05) is 24.6 Å². The number of halogens is 2. The molecule has 0 aliphatic heterocycles. The van der Waals surface area contributed by atoms with E-state index in [2.05, 4.69) is 52.1 Å². The van der Waals surface area contributed by atoms with Crippen LogP contribution in [0.2, 0.25) is 5.02 Å². The van der Waals surface area contributed by atoms with Gasteiger partial charge in [0.05, 0.1) is 20.9 Å². The van der Waals surface area contributed by atoms with Crippen LogP contribution in [0.15, 0.2) is 16.7 Å². The molecular formula is C15H20BrClN4. The van der Waals surface area contributed by atoms with Gasteiger partial charge in [-0.15, -0.1) is 0 Å². The fraction of sp³-hybridized carbons (Fsp3) is 0.467. The molecule has 0 amide bonds. The van der Waals surface area contributed by atoms with E-state index in [4.69, 9.17) is 11.6 Å². The third-order valence-corrected chi connectivity index (χ3v) is 4.64. The molecule has 2 aromatic heterocycles. The molecule has 1 N–H and O–H groups in total. The molecule has 6 heteroatoms. The van der Waals surface area contributed by atoms with Crippen molar-refractivity contribution in [1.82, 2.24) is 20.1 Å². The van der Waals surface area contributed by atoms with Gasteiger partial charge in [0, 0.05) is 18.3 Å². The molecule has 114 valence electrons. The summed E-state index contributed by atoms with van der Waals surface area (Å²) in [5, 5.41) is 8.60. The Bertz CT molecular complexity index is 658. The summed E-state index contributed by atoms with van der Waals surface area (Å²) in [5.74, 6) is 0.774. The Morgan fingerprint density at radius 1 is 1.33 bits per heavy atom. The van der Waals surface area contributed by atoms with Gasteiger partial charge in [-0.1, -0.05) is 11.6 Å². The molecule has 2 heterocycles. The number of hydrogen-bond donors (Lipinski definition) is 1. The number of aromatic nitrogens is 3. The molecule has 0 bridgehead atoms. The topological polar surface area (TPSA) is 42.7 Å². The molecule has 21 heavy (non-hydrogen) atoms. The van der Waals surface area contributed by atoms with Gasteiger partial charge in [-0.2, -0.15) is 5.10 Å². The van der Waals surface area contributed by atoms with Gasteiger partial charge in [-0.3, -0.25) is 0 Å². The average molecular weight is 372 g/mol. The Morgan fingerprint density at radius 2 is 2.00 bits per heavy atom. The first kappa shape index (κ1) is 16.5. The van der Waals surface area contributed by atoms with Crippen LogP contribution in [-0.2, 0) is 6.54 Å². The monoisotopic (exact) mass is 370 g/mol. The zero-order valence-electron chi connectivity index (χ0n) is 13.0. The fourth-order valence-corrected chi connectivity index (χ4v) is 2.34. The zero-order valence-corrected chi connectivity index (χ0v) is 15.3. The Labute approximate surface area is 139 Å². The summed E-state index contributed by atoms with van der Waals surface area (Å²) >= 11 is 9.78. The first-order chi connectivity index (χ1) is 9.69. The summed E-state index contributed by atoms with van der Waals surface area (Å²) in [7, 11) is 0. The molecular weight excluding hydrogens is 352 g/mol. The number of nitrogens with zero attached hydrogens (tertiary/aromatic N) is 3. The van der Waals surface area contributed by atoms with E-state index in [1.54, 1.807) is 6.20 Å². The van der Waals surface area contributed by atoms with Crippen LogP contribution in [0.3, 0.4) is 0 Å². The minimum absolute atomic E-state index is 0.0357. The van der Waals surface area contributed by atoms with E-state index in [1.165, 1.54) is 0 Å². The highest BCUT2D eigenvalue weighted by Gasteiger charge is 2.14. The van der Waals surface area contributed by atoms with Crippen LogP contribution in [0.25, 0.3) is 5.82 Å². The summed E-state index contributed by atoms with van der Waals surface area (Å²) < 4.78 is 2.84. The highest BCUT2D eigenvalue weighted by Crippen LogP contribution is 2.24. The third-order valence-electron chi connectivity index (χ3n) is 3.15. The summed E-state index contributed by atoms with van der Waals surface area (Å²) in [6, 6.07) is 1.98. The number of hydrogen-bond acceptors (Lipinski definition) is 3.